The molecule has 0 aromatic heterocycles. The summed E-state index contributed by atoms with van der Waals surface area (Å²) in [6.45, 7) is 1.46. The summed E-state index contributed by atoms with van der Waals surface area (Å²) in [6.07, 6.45) is 5.47. The van der Waals surface area contributed by atoms with Gasteiger partial charge in [-0.15, -0.1) is 0 Å². The molecule has 0 spiro atoms. The van der Waals surface area contributed by atoms with Crippen LogP contribution in [0.1, 0.15) is 45.4 Å². The van der Waals surface area contributed by atoms with Crippen LogP contribution < -0.4 is 0 Å². The third kappa shape index (κ3) is 1.92. The molecule has 3 nitrogen and oxygen atoms in total. The first-order valence-electron chi connectivity index (χ1n) is 5.47. The molecule has 2 rings (SSSR count). The minimum Gasteiger partial charge on any atom is -0.459 e. The number of carbonyl (C=O) groups is 1. The maximum Gasteiger partial charge on any atom is 0.303 e. The molecule has 0 radical (unpaired) electrons. The molecule has 0 saturated heterocycles. The van der Waals surface area contributed by atoms with Crippen molar-refractivity contribution in [2.24, 2.45) is 5.92 Å². The Labute approximate surface area is 84.4 Å². The van der Waals surface area contributed by atoms with Gasteiger partial charge in [0.25, 0.3) is 0 Å². The first-order chi connectivity index (χ1) is 6.60. The van der Waals surface area contributed by atoms with Crippen LogP contribution >= 0.6 is 0 Å². The fourth-order valence-corrected chi connectivity index (χ4v) is 3.17. The van der Waals surface area contributed by atoms with Crippen LogP contribution in [0.2, 0.25) is 0 Å². The number of aliphatic hydroxyl groups excluding tert-OH is 1. The lowest BCUT2D eigenvalue weighted by atomic mass is 9.68. The van der Waals surface area contributed by atoms with E-state index in [2.05, 4.69) is 0 Å². The second kappa shape index (κ2) is 3.54. The third-order valence-corrected chi connectivity index (χ3v) is 3.48. The average molecular weight is 198 g/mol. The summed E-state index contributed by atoms with van der Waals surface area (Å²) in [5.41, 5.74) is -0.327. The van der Waals surface area contributed by atoms with Gasteiger partial charge in [0.1, 0.15) is 5.60 Å². The van der Waals surface area contributed by atoms with Gasteiger partial charge in [0.05, 0.1) is 6.10 Å². The van der Waals surface area contributed by atoms with Gasteiger partial charge in [-0.2, -0.15) is 0 Å². The molecule has 3 atom stereocenters. The number of hydrogen-bond donors (Lipinski definition) is 1. The number of hydrogen-bond acceptors (Lipinski definition) is 3. The van der Waals surface area contributed by atoms with Crippen molar-refractivity contribution in [1.82, 2.24) is 0 Å². The van der Waals surface area contributed by atoms with Crippen LogP contribution in [0.4, 0.5) is 0 Å². The van der Waals surface area contributed by atoms with Gasteiger partial charge >= 0.3 is 5.97 Å². The Bertz CT molecular complexity index is 235. The molecular weight excluding hydrogens is 180 g/mol. The summed E-state index contributed by atoms with van der Waals surface area (Å²) < 4.78 is 5.42. The highest BCUT2D eigenvalue weighted by Crippen LogP contribution is 2.45. The molecule has 3 heteroatoms. The quantitative estimate of drug-likeness (QED) is 0.651. The van der Waals surface area contributed by atoms with Crippen LogP contribution in [0, 0.1) is 5.92 Å². The first-order valence-corrected chi connectivity index (χ1v) is 5.47. The number of ether oxygens (including phenoxy) is 1. The standard InChI is InChI=1S/C11H18O3/c1-8(12)14-11-4-2-3-9(6-11)5-10(13)7-11/h9-10,13H,2-7H2,1H3. The zero-order valence-electron chi connectivity index (χ0n) is 8.66. The number of aliphatic hydroxyl groups is 1. The molecule has 2 aliphatic carbocycles. The van der Waals surface area contributed by atoms with Gasteiger partial charge in [-0.3, -0.25) is 4.79 Å². The highest BCUT2D eigenvalue weighted by molar-refractivity contribution is 5.66. The van der Waals surface area contributed by atoms with Crippen LogP contribution in [0.5, 0.6) is 0 Å². The van der Waals surface area contributed by atoms with Gasteiger partial charge in [0, 0.05) is 13.3 Å². The van der Waals surface area contributed by atoms with Crippen molar-refractivity contribution in [3.63, 3.8) is 0 Å². The summed E-state index contributed by atoms with van der Waals surface area (Å²) in [5.74, 6) is 0.353. The highest BCUT2D eigenvalue weighted by atomic mass is 16.6. The number of fused-ring (bicyclic) bond motifs is 2. The zero-order chi connectivity index (χ0) is 10.2. The molecule has 80 valence electrons. The minimum absolute atomic E-state index is 0.209. The summed E-state index contributed by atoms with van der Waals surface area (Å²) in [4.78, 5) is 11.0. The van der Waals surface area contributed by atoms with E-state index in [1.54, 1.807) is 0 Å². The molecule has 1 N–H and O–H groups in total. The van der Waals surface area contributed by atoms with Gasteiger partial charge < -0.3 is 9.84 Å². The number of rotatable bonds is 1. The topological polar surface area (TPSA) is 46.5 Å². The number of carbonyl (C=O) groups excluding carboxylic acids is 1. The van der Waals surface area contributed by atoms with E-state index in [0.717, 1.165) is 25.7 Å². The SMILES string of the molecule is CC(=O)OC12CCCC(CC(O)C1)C2. The lowest BCUT2D eigenvalue weighted by molar-refractivity contribution is -0.173. The molecule has 0 amide bonds. The Kier molecular flexibility index (Phi) is 2.52. The molecule has 0 aromatic rings. The fraction of sp³-hybridized carbons (Fsp3) is 0.909. The van der Waals surface area contributed by atoms with E-state index >= 15 is 0 Å². The maximum absolute atomic E-state index is 11.0. The second-order valence-corrected chi connectivity index (χ2v) is 4.83. The monoisotopic (exact) mass is 198 g/mol. The van der Waals surface area contributed by atoms with Gasteiger partial charge in [-0.25, -0.2) is 0 Å². The van der Waals surface area contributed by atoms with E-state index in [0.29, 0.717) is 12.3 Å². The lowest BCUT2D eigenvalue weighted by Crippen LogP contribution is -2.47. The Morgan fingerprint density at radius 1 is 1.50 bits per heavy atom. The molecular formula is C11H18O3. The van der Waals surface area contributed by atoms with Crippen molar-refractivity contribution in [3.05, 3.63) is 0 Å². The van der Waals surface area contributed by atoms with Gasteiger partial charge in [-0.1, -0.05) is 6.42 Å². The van der Waals surface area contributed by atoms with Crippen molar-refractivity contribution in [1.29, 1.82) is 0 Å². The predicted molar refractivity (Wildman–Crippen MR) is 51.7 cm³/mol. The molecule has 0 aromatic carbocycles. The molecule has 0 aliphatic heterocycles. The van der Waals surface area contributed by atoms with Crippen LogP contribution in [0.3, 0.4) is 0 Å². The maximum atomic E-state index is 11.0. The van der Waals surface area contributed by atoms with E-state index in [9.17, 15) is 9.90 Å². The average Bonchev–Trinajstić information content (AvgIpc) is 1.99. The molecule has 2 fully saturated rings. The van der Waals surface area contributed by atoms with Crippen LogP contribution in [0.25, 0.3) is 0 Å². The largest absolute Gasteiger partial charge is 0.459 e. The van der Waals surface area contributed by atoms with E-state index in [4.69, 9.17) is 4.74 Å². The van der Waals surface area contributed by atoms with Gasteiger partial charge in [-0.05, 0) is 31.6 Å². The van der Waals surface area contributed by atoms with Crippen LogP contribution in [0.15, 0.2) is 0 Å². The Hall–Kier alpha value is -0.570. The van der Waals surface area contributed by atoms with E-state index in [1.807, 2.05) is 0 Å². The van der Waals surface area contributed by atoms with Crippen LogP contribution in [-0.4, -0.2) is 22.8 Å². The molecule has 2 bridgehead atoms. The van der Waals surface area contributed by atoms with Gasteiger partial charge in [0.15, 0.2) is 0 Å². The normalized spacial score (nSPS) is 41.9. The zero-order valence-corrected chi connectivity index (χ0v) is 8.66. The minimum atomic E-state index is -0.327. The van der Waals surface area contributed by atoms with E-state index in [1.165, 1.54) is 13.3 Å². The second-order valence-electron chi connectivity index (χ2n) is 4.83. The van der Waals surface area contributed by atoms with E-state index < -0.39 is 0 Å². The van der Waals surface area contributed by atoms with Gasteiger partial charge in [0.2, 0.25) is 0 Å². The summed E-state index contributed by atoms with van der Waals surface area (Å²) in [6, 6.07) is 0. The lowest BCUT2D eigenvalue weighted by Gasteiger charge is -2.46. The molecule has 2 saturated carbocycles. The molecule has 0 heterocycles. The predicted octanol–water partition coefficient (Wildman–Crippen LogP) is 1.63. The third-order valence-electron chi connectivity index (χ3n) is 3.48. The molecule has 2 aliphatic rings. The smallest absolute Gasteiger partial charge is 0.303 e. The van der Waals surface area contributed by atoms with Crippen molar-refractivity contribution in [2.45, 2.75) is 57.2 Å². The van der Waals surface area contributed by atoms with Crippen LogP contribution in [-0.2, 0) is 9.53 Å². The molecule has 14 heavy (non-hydrogen) atoms. The van der Waals surface area contributed by atoms with Crippen molar-refractivity contribution in [3.8, 4) is 0 Å². The summed E-state index contributed by atoms with van der Waals surface area (Å²) in [7, 11) is 0. The fourth-order valence-electron chi connectivity index (χ4n) is 3.17. The van der Waals surface area contributed by atoms with Crippen molar-refractivity contribution >= 4 is 5.97 Å². The summed E-state index contributed by atoms with van der Waals surface area (Å²) >= 11 is 0. The first kappa shape index (κ1) is 9.97. The Morgan fingerprint density at radius 2 is 2.29 bits per heavy atom. The van der Waals surface area contributed by atoms with Crippen molar-refractivity contribution in [2.75, 3.05) is 0 Å². The Morgan fingerprint density at radius 3 is 3.00 bits per heavy atom. The number of esters is 1. The van der Waals surface area contributed by atoms with Crippen molar-refractivity contribution < 1.29 is 14.6 Å². The van der Waals surface area contributed by atoms with E-state index in [-0.39, 0.29) is 17.7 Å². The molecule has 3 unspecified atom stereocenters. The Balaban J connectivity index is 2.10. The highest BCUT2D eigenvalue weighted by Gasteiger charge is 2.45. The summed E-state index contributed by atoms with van der Waals surface area (Å²) in [5, 5.41) is 9.70.